The molecule has 0 saturated heterocycles. The van der Waals surface area contributed by atoms with Crippen molar-refractivity contribution in [1.29, 1.82) is 0 Å². The maximum absolute atomic E-state index is 12.9. The number of hydrogen-bond acceptors (Lipinski definition) is 5. The number of thiophene rings is 1. The summed E-state index contributed by atoms with van der Waals surface area (Å²) in [6, 6.07) is 5.88. The SMILES string of the molecule is Cc1nc(C)n(C[C@H](C)C(=O)N[C@H](Cc2ccsc2)c2ncccc2C)n1. The second-order valence-corrected chi connectivity index (χ2v) is 7.67. The number of carbonyl (C=O) groups excluding carboxylic acids is 1. The van der Waals surface area contributed by atoms with Gasteiger partial charge in [-0.2, -0.15) is 16.4 Å². The third kappa shape index (κ3) is 4.80. The molecule has 0 aliphatic carbocycles. The predicted molar refractivity (Wildman–Crippen MR) is 107 cm³/mol. The van der Waals surface area contributed by atoms with Crippen LogP contribution in [-0.4, -0.2) is 25.7 Å². The van der Waals surface area contributed by atoms with Gasteiger partial charge < -0.3 is 5.32 Å². The fraction of sp³-hybridized carbons (Fsp3) is 0.400. The molecule has 7 heteroatoms. The van der Waals surface area contributed by atoms with E-state index in [1.807, 2.05) is 39.8 Å². The molecule has 3 aromatic rings. The number of rotatable bonds is 7. The minimum Gasteiger partial charge on any atom is -0.347 e. The van der Waals surface area contributed by atoms with Gasteiger partial charge in [0.1, 0.15) is 11.6 Å². The van der Waals surface area contributed by atoms with Crippen LogP contribution in [0.1, 0.15) is 41.4 Å². The molecular weight excluding hydrogens is 358 g/mol. The van der Waals surface area contributed by atoms with Gasteiger partial charge in [-0.3, -0.25) is 9.78 Å². The Kier molecular flexibility index (Phi) is 6.01. The maximum atomic E-state index is 12.9. The lowest BCUT2D eigenvalue weighted by Gasteiger charge is -2.22. The number of pyridine rings is 1. The molecular formula is C20H25N5OS. The van der Waals surface area contributed by atoms with Crippen LogP contribution in [0.3, 0.4) is 0 Å². The van der Waals surface area contributed by atoms with Gasteiger partial charge >= 0.3 is 0 Å². The Balaban J connectivity index is 1.75. The smallest absolute Gasteiger partial charge is 0.225 e. The fourth-order valence-corrected chi connectivity index (χ4v) is 3.80. The van der Waals surface area contributed by atoms with Gasteiger partial charge in [-0.05, 0) is 61.2 Å². The first-order valence-corrected chi connectivity index (χ1v) is 9.99. The van der Waals surface area contributed by atoms with E-state index < -0.39 is 0 Å². The minimum atomic E-state index is -0.223. The summed E-state index contributed by atoms with van der Waals surface area (Å²) in [5, 5.41) is 11.7. The predicted octanol–water partition coefficient (Wildman–Crippen LogP) is 3.40. The van der Waals surface area contributed by atoms with Gasteiger partial charge in [0, 0.05) is 6.20 Å². The fourth-order valence-electron chi connectivity index (χ4n) is 3.11. The molecule has 142 valence electrons. The van der Waals surface area contributed by atoms with Gasteiger partial charge in [0.05, 0.1) is 24.2 Å². The molecule has 2 atom stereocenters. The van der Waals surface area contributed by atoms with E-state index in [1.54, 1.807) is 22.2 Å². The maximum Gasteiger partial charge on any atom is 0.225 e. The van der Waals surface area contributed by atoms with E-state index in [1.165, 1.54) is 5.56 Å². The second kappa shape index (κ2) is 8.43. The van der Waals surface area contributed by atoms with Gasteiger partial charge in [0.15, 0.2) is 0 Å². The third-order valence-corrected chi connectivity index (χ3v) is 5.31. The molecule has 1 amide bonds. The van der Waals surface area contributed by atoms with Crippen LogP contribution in [-0.2, 0) is 17.8 Å². The summed E-state index contributed by atoms with van der Waals surface area (Å²) < 4.78 is 1.79. The van der Waals surface area contributed by atoms with Crippen LogP contribution in [0.25, 0.3) is 0 Å². The highest BCUT2D eigenvalue weighted by Gasteiger charge is 2.23. The van der Waals surface area contributed by atoms with Crippen LogP contribution in [0.2, 0.25) is 0 Å². The lowest BCUT2D eigenvalue weighted by atomic mass is 10.0. The Morgan fingerprint density at radius 1 is 1.30 bits per heavy atom. The highest BCUT2D eigenvalue weighted by molar-refractivity contribution is 7.07. The molecule has 3 rings (SSSR count). The molecule has 0 spiro atoms. The lowest BCUT2D eigenvalue weighted by Crippen LogP contribution is -2.36. The topological polar surface area (TPSA) is 72.7 Å². The zero-order valence-corrected chi connectivity index (χ0v) is 17.0. The van der Waals surface area contributed by atoms with Crippen molar-refractivity contribution in [2.45, 2.75) is 46.7 Å². The molecule has 0 radical (unpaired) electrons. The first-order chi connectivity index (χ1) is 12.9. The van der Waals surface area contributed by atoms with Gasteiger partial charge in [-0.15, -0.1) is 0 Å². The van der Waals surface area contributed by atoms with E-state index in [0.717, 1.165) is 29.3 Å². The molecule has 0 aliphatic rings. The van der Waals surface area contributed by atoms with Crippen molar-refractivity contribution in [2.24, 2.45) is 5.92 Å². The quantitative estimate of drug-likeness (QED) is 0.679. The minimum absolute atomic E-state index is 0.00663. The average Bonchev–Trinajstić information content (AvgIpc) is 3.24. The van der Waals surface area contributed by atoms with Crippen molar-refractivity contribution in [3.05, 3.63) is 63.6 Å². The molecule has 3 aromatic heterocycles. The van der Waals surface area contributed by atoms with E-state index in [4.69, 9.17) is 0 Å². The largest absolute Gasteiger partial charge is 0.347 e. The number of amides is 1. The number of nitrogens with one attached hydrogen (secondary N) is 1. The van der Waals surface area contributed by atoms with Crippen molar-refractivity contribution < 1.29 is 4.79 Å². The Morgan fingerprint density at radius 3 is 2.74 bits per heavy atom. The van der Waals surface area contributed by atoms with Crippen molar-refractivity contribution in [3.8, 4) is 0 Å². The second-order valence-electron chi connectivity index (χ2n) is 6.89. The van der Waals surface area contributed by atoms with Crippen LogP contribution >= 0.6 is 11.3 Å². The van der Waals surface area contributed by atoms with Gasteiger partial charge in [-0.1, -0.05) is 13.0 Å². The summed E-state index contributed by atoms with van der Waals surface area (Å²) in [5.74, 6) is 1.31. The molecule has 1 N–H and O–H groups in total. The molecule has 6 nitrogen and oxygen atoms in total. The average molecular weight is 384 g/mol. The molecule has 0 fully saturated rings. The first-order valence-electron chi connectivity index (χ1n) is 9.05. The Hall–Kier alpha value is -2.54. The van der Waals surface area contributed by atoms with Crippen molar-refractivity contribution in [1.82, 2.24) is 25.1 Å². The first kappa shape index (κ1) is 19.2. The third-order valence-electron chi connectivity index (χ3n) is 4.57. The van der Waals surface area contributed by atoms with Crippen LogP contribution in [0.5, 0.6) is 0 Å². The van der Waals surface area contributed by atoms with Crippen LogP contribution in [0.4, 0.5) is 0 Å². The molecule has 0 bridgehead atoms. The van der Waals surface area contributed by atoms with Crippen molar-refractivity contribution in [2.75, 3.05) is 0 Å². The molecule has 0 aliphatic heterocycles. The summed E-state index contributed by atoms with van der Waals surface area (Å²) in [4.78, 5) is 21.7. The van der Waals surface area contributed by atoms with E-state index >= 15 is 0 Å². The van der Waals surface area contributed by atoms with E-state index in [-0.39, 0.29) is 17.9 Å². The number of carbonyl (C=O) groups is 1. The standard InChI is InChI=1S/C20H25N5OS/c1-13-6-5-8-21-19(13)18(10-17-7-9-27-12-17)23-20(26)14(2)11-25-16(4)22-15(3)24-25/h5-9,12,14,18H,10-11H2,1-4H3,(H,23,26)/t14-,18+/m0/s1. The normalized spacial score (nSPS) is 13.3. The number of aryl methyl sites for hydroxylation is 3. The van der Waals surface area contributed by atoms with E-state index in [0.29, 0.717) is 6.54 Å². The summed E-state index contributed by atoms with van der Waals surface area (Å²) >= 11 is 1.66. The summed E-state index contributed by atoms with van der Waals surface area (Å²) in [6.45, 7) is 8.21. The summed E-state index contributed by atoms with van der Waals surface area (Å²) in [7, 11) is 0. The van der Waals surface area contributed by atoms with Crippen LogP contribution < -0.4 is 5.32 Å². The highest BCUT2D eigenvalue weighted by atomic mass is 32.1. The number of aromatic nitrogens is 4. The molecule has 0 aromatic carbocycles. The molecule has 0 saturated carbocycles. The monoisotopic (exact) mass is 383 g/mol. The molecule has 0 unspecified atom stereocenters. The van der Waals surface area contributed by atoms with E-state index in [2.05, 4.69) is 37.2 Å². The van der Waals surface area contributed by atoms with Crippen LogP contribution in [0.15, 0.2) is 35.2 Å². The zero-order chi connectivity index (χ0) is 19.4. The van der Waals surface area contributed by atoms with Gasteiger partial charge in [0.25, 0.3) is 0 Å². The Morgan fingerprint density at radius 2 is 2.11 bits per heavy atom. The Labute approximate surface area is 163 Å². The summed E-state index contributed by atoms with van der Waals surface area (Å²) in [5.41, 5.74) is 3.19. The number of nitrogens with zero attached hydrogens (tertiary/aromatic N) is 4. The van der Waals surface area contributed by atoms with Crippen LogP contribution in [0, 0.1) is 26.7 Å². The lowest BCUT2D eigenvalue weighted by molar-refractivity contribution is -0.125. The van der Waals surface area contributed by atoms with Gasteiger partial charge in [0.2, 0.25) is 5.91 Å². The zero-order valence-electron chi connectivity index (χ0n) is 16.1. The van der Waals surface area contributed by atoms with Crippen molar-refractivity contribution in [3.63, 3.8) is 0 Å². The summed E-state index contributed by atoms with van der Waals surface area (Å²) in [6.07, 6.45) is 2.50. The van der Waals surface area contributed by atoms with Gasteiger partial charge in [-0.25, -0.2) is 9.67 Å². The molecule has 3 heterocycles. The molecule has 27 heavy (non-hydrogen) atoms. The van der Waals surface area contributed by atoms with Crippen molar-refractivity contribution >= 4 is 17.2 Å². The van der Waals surface area contributed by atoms with E-state index in [9.17, 15) is 4.79 Å². The highest BCUT2D eigenvalue weighted by Crippen LogP contribution is 2.22. The Bertz CT molecular complexity index is 903. The number of hydrogen-bond donors (Lipinski definition) is 1.